The van der Waals surface area contributed by atoms with Crippen molar-refractivity contribution in [3.63, 3.8) is 0 Å². The third-order valence-corrected chi connectivity index (χ3v) is 3.47. The molecule has 1 aliphatic heterocycles. The second kappa shape index (κ2) is 5.10. The SMILES string of the molecule is NCCNCC1CCN(C2CC2)CC1. The molecule has 3 N–H and O–H groups in total. The van der Waals surface area contributed by atoms with Crippen LogP contribution in [-0.4, -0.2) is 43.7 Å². The molecule has 0 unspecified atom stereocenters. The van der Waals surface area contributed by atoms with Gasteiger partial charge in [-0.15, -0.1) is 0 Å². The zero-order valence-electron chi connectivity index (χ0n) is 9.04. The summed E-state index contributed by atoms with van der Waals surface area (Å²) in [5.74, 6) is 0.900. The first-order chi connectivity index (χ1) is 6.90. The van der Waals surface area contributed by atoms with Crippen LogP contribution in [0.15, 0.2) is 0 Å². The molecule has 14 heavy (non-hydrogen) atoms. The van der Waals surface area contributed by atoms with E-state index >= 15 is 0 Å². The Morgan fingerprint density at radius 3 is 2.43 bits per heavy atom. The van der Waals surface area contributed by atoms with Crippen LogP contribution in [0.4, 0.5) is 0 Å². The molecule has 0 radical (unpaired) electrons. The predicted octanol–water partition coefficient (Wildman–Crippen LogP) is 0.409. The molecule has 1 aliphatic carbocycles. The Hall–Kier alpha value is -0.120. The van der Waals surface area contributed by atoms with Crippen molar-refractivity contribution in [2.24, 2.45) is 11.7 Å². The number of rotatable bonds is 5. The molecule has 0 aromatic carbocycles. The number of hydrogen-bond acceptors (Lipinski definition) is 3. The Balaban J connectivity index is 1.58. The lowest BCUT2D eigenvalue weighted by Gasteiger charge is -2.32. The van der Waals surface area contributed by atoms with E-state index in [4.69, 9.17) is 5.73 Å². The van der Waals surface area contributed by atoms with Crippen molar-refractivity contribution >= 4 is 0 Å². The Kier molecular flexibility index (Phi) is 3.79. The molecule has 3 nitrogen and oxygen atoms in total. The van der Waals surface area contributed by atoms with E-state index in [-0.39, 0.29) is 0 Å². The maximum atomic E-state index is 5.44. The van der Waals surface area contributed by atoms with Crippen LogP contribution in [0.25, 0.3) is 0 Å². The van der Waals surface area contributed by atoms with E-state index in [9.17, 15) is 0 Å². The molecule has 0 spiro atoms. The molecule has 0 amide bonds. The van der Waals surface area contributed by atoms with Crippen molar-refractivity contribution in [1.82, 2.24) is 10.2 Å². The fourth-order valence-corrected chi connectivity index (χ4v) is 2.37. The maximum absolute atomic E-state index is 5.44. The highest BCUT2D eigenvalue weighted by atomic mass is 15.2. The summed E-state index contributed by atoms with van der Waals surface area (Å²) in [6, 6.07) is 0.966. The largest absolute Gasteiger partial charge is 0.329 e. The monoisotopic (exact) mass is 197 g/mol. The van der Waals surface area contributed by atoms with E-state index in [1.165, 1.54) is 45.3 Å². The van der Waals surface area contributed by atoms with Gasteiger partial charge in [0.05, 0.1) is 0 Å². The number of piperidine rings is 1. The van der Waals surface area contributed by atoms with Crippen molar-refractivity contribution in [3.8, 4) is 0 Å². The molecule has 2 aliphatic rings. The second-order valence-corrected chi connectivity index (χ2v) is 4.70. The van der Waals surface area contributed by atoms with E-state index < -0.39 is 0 Å². The molecule has 2 fully saturated rings. The number of nitrogens with two attached hydrogens (primary N) is 1. The Bertz CT molecular complexity index is 160. The first kappa shape index (κ1) is 10.4. The van der Waals surface area contributed by atoms with Crippen molar-refractivity contribution in [3.05, 3.63) is 0 Å². The van der Waals surface area contributed by atoms with Crippen LogP contribution in [0, 0.1) is 5.92 Å². The lowest BCUT2D eigenvalue weighted by atomic mass is 9.97. The highest BCUT2D eigenvalue weighted by Gasteiger charge is 2.31. The zero-order valence-corrected chi connectivity index (χ0v) is 9.04. The van der Waals surface area contributed by atoms with E-state index in [0.29, 0.717) is 0 Å². The minimum absolute atomic E-state index is 0.765. The predicted molar refractivity (Wildman–Crippen MR) is 59.2 cm³/mol. The molecule has 0 bridgehead atoms. The van der Waals surface area contributed by atoms with E-state index in [2.05, 4.69) is 10.2 Å². The van der Waals surface area contributed by atoms with Gasteiger partial charge in [0, 0.05) is 19.1 Å². The van der Waals surface area contributed by atoms with Crippen molar-refractivity contribution in [2.45, 2.75) is 31.7 Å². The van der Waals surface area contributed by atoms with Crippen molar-refractivity contribution in [1.29, 1.82) is 0 Å². The molecular formula is C11H23N3. The maximum Gasteiger partial charge on any atom is 0.00964 e. The van der Waals surface area contributed by atoms with Crippen LogP contribution in [0.2, 0.25) is 0 Å². The zero-order chi connectivity index (χ0) is 9.80. The van der Waals surface area contributed by atoms with Gasteiger partial charge in [-0.1, -0.05) is 0 Å². The minimum Gasteiger partial charge on any atom is -0.329 e. The van der Waals surface area contributed by atoms with Crippen LogP contribution < -0.4 is 11.1 Å². The van der Waals surface area contributed by atoms with Crippen LogP contribution in [0.3, 0.4) is 0 Å². The molecule has 1 heterocycles. The topological polar surface area (TPSA) is 41.3 Å². The molecule has 82 valence electrons. The average Bonchev–Trinajstić information content (AvgIpc) is 3.03. The smallest absolute Gasteiger partial charge is 0.00964 e. The van der Waals surface area contributed by atoms with E-state index in [1.54, 1.807) is 0 Å². The lowest BCUT2D eigenvalue weighted by molar-refractivity contribution is 0.175. The first-order valence-corrected chi connectivity index (χ1v) is 6.05. The summed E-state index contributed by atoms with van der Waals surface area (Å²) in [6.45, 7) is 5.58. The van der Waals surface area contributed by atoms with E-state index in [1.807, 2.05) is 0 Å². The molecule has 1 saturated carbocycles. The molecule has 1 saturated heterocycles. The van der Waals surface area contributed by atoms with Gasteiger partial charge in [0.1, 0.15) is 0 Å². The van der Waals surface area contributed by atoms with Gasteiger partial charge in [0.15, 0.2) is 0 Å². The summed E-state index contributed by atoms with van der Waals surface area (Å²) >= 11 is 0. The molecule has 2 rings (SSSR count). The molecule has 0 aromatic rings. The molecule has 3 heteroatoms. The van der Waals surface area contributed by atoms with Gasteiger partial charge in [-0.25, -0.2) is 0 Å². The number of nitrogens with one attached hydrogen (secondary N) is 1. The molecular weight excluding hydrogens is 174 g/mol. The summed E-state index contributed by atoms with van der Waals surface area (Å²) in [5, 5.41) is 3.42. The number of hydrogen-bond donors (Lipinski definition) is 2. The Morgan fingerprint density at radius 1 is 1.14 bits per heavy atom. The van der Waals surface area contributed by atoms with Gasteiger partial charge >= 0.3 is 0 Å². The van der Waals surface area contributed by atoms with Gasteiger partial charge in [0.25, 0.3) is 0 Å². The van der Waals surface area contributed by atoms with Crippen LogP contribution in [-0.2, 0) is 0 Å². The standard InChI is InChI=1S/C11H23N3/c12-5-6-13-9-10-3-7-14(8-4-10)11-1-2-11/h10-11,13H,1-9,12H2. The molecule has 0 aromatic heterocycles. The third-order valence-electron chi connectivity index (χ3n) is 3.47. The summed E-state index contributed by atoms with van der Waals surface area (Å²) < 4.78 is 0. The summed E-state index contributed by atoms with van der Waals surface area (Å²) in [6.07, 6.45) is 5.67. The summed E-state index contributed by atoms with van der Waals surface area (Å²) in [4.78, 5) is 2.68. The molecule has 0 atom stereocenters. The second-order valence-electron chi connectivity index (χ2n) is 4.70. The first-order valence-electron chi connectivity index (χ1n) is 6.05. The summed E-state index contributed by atoms with van der Waals surface area (Å²) in [5.41, 5.74) is 5.44. The van der Waals surface area contributed by atoms with Gasteiger partial charge in [0.2, 0.25) is 0 Å². The van der Waals surface area contributed by atoms with E-state index in [0.717, 1.165) is 25.0 Å². The van der Waals surface area contributed by atoms with Gasteiger partial charge < -0.3 is 16.0 Å². The minimum atomic E-state index is 0.765. The number of likely N-dealkylation sites (tertiary alicyclic amines) is 1. The Morgan fingerprint density at radius 2 is 1.86 bits per heavy atom. The van der Waals surface area contributed by atoms with Crippen LogP contribution in [0.1, 0.15) is 25.7 Å². The summed E-state index contributed by atoms with van der Waals surface area (Å²) in [7, 11) is 0. The van der Waals surface area contributed by atoms with Crippen molar-refractivity contribution < 1.29 is 0 Å². The van der Waals surface area contributed by atoms with Gasteiger partial charge in [-0.05, 0) is 51.2 Å². The van der Waals surface area contributed by atoms with Crippen molar-refractivity contribution in [2.75, 3.05) is 32.7 Å². The Labute approximate surface area is 87.0 Å². The van der Waals surface area contributed by atoms with Crippen LogP contribution >= 0.6 is 0 Å². The fraction of sp³-hybridized carbons (Fsp3) is 1.00. The number of nitrogens with zero attached hydrogens (tertiary/aromatic N) is 1. The average molecular weight is 197 g/mol. The van der Waals surface area contributed by atoms with Gasteiger partial charge in [-0.3, -0.25) is 0 Å². The van der Waals surface area contributed by atoms with Crippen LogP contribution in [0.5, 0.6) is 0 Å². The highest BCUT2D eigenvalue weighted by molar-refractivity contribution is 4.87. The highest BCUT2D eigenvalue weighted by Crippen LogP contribution is 2.30. The van der Waals surface area contributed by atoms with Gasteiger partial charge in [-0.2, -0.15) is 0 Å². The normalized spacial score (nSPS) is 25.5. The fourth-order valence-electron chi connectivity index (χ4n) is 2.37. The third kappa shape index (κ3) is 2.94. The lowest BCUT2D eigenvalue weighted by Crippen LogP contribution is -2.39. The quantitative estimate of drug-likeness (QED) is 0.627.